The van der Waals surface area contributed by atoms with Gasteiger partial charge < -0.3 is 4.74 Å². The number of nitrogens with zero attached hydrogens (tertiary/aromatic N) is 1. The average molecular weight is 388 g/mol. The van der Waals surface area contributed by atoms with Crippen molar-refractivity contribution < 1.29 is 27.5 Å². The molecule has 26 heavy (non-hydrogen) atoms. The first-order valence-electron chi connectivity index (χ1n) is 9.35. The van der Waals surface area contributed by atoms with Crippen molar-refractivity contribution in [1.82, 2.24) is 9.62 Å². The molecule has 1 atom stereocenters. The first kappa shape index (κ1) is 20.8. The molecule has 1 aliphatic carbocycles. The summed E-state index contributed by atoms with van der Waals surface area (Å²) in [5.74, 6) is -1.91. The van der Waals surface area contributed by atoms with Gasteiger partial charge in [-0.05, 0) is 32.1 Å². The zero-order chi connectivity index (χ0) is 19.2. The Hall–Kier alpha value is -1.48. The van der Waals surface area contributed by atoms with Crippen molar-refractivity contribution in [3.63, 3.8) is 0 Å². The third-order valence-electron chi connectivity index (χ3n) is 4.88. The third-order valence-corrected chi connectivity index (χ3v) is 6.96. The Morgan fingerprint density at radius 1 is 1.08 bits per heavy atom. The Kier molecular flexibility index (Phi) is 7.57. The third kappa shape index (κ3) is 5.51. The van der Waals surface area contributed by atoms with Crippen LogP contribution in [0.4, 0.5) is 0 Å². The molecule has 0 aromatic carbocycles. The van der Waals surface area contributed by atoms with Crippen LogP contribution in [0.15, 0.2) is 0 Å². The van der Waals surface area contributed by atoms with Crippen LogP contribution in [0.25, 0.3) is 0 Å². The molecule has 0 aromatic rings. The van der Waals surface area contributed by atoms with Crippen LogP contribution in [0.5, 0.6) is 0 Å². The molecule has 1 N–H and O–H groups in total. The number of ether oxygens (including phenoxy) is 1. The number of esters is 1. The highest BCUT2D eigenvalue weighted by atomic mass is 32.2. The predicted octanol–water partition coefficient (Wildman–Crippen LogP) is 0.957. The molecular weight excluding hydrogens is 360 g/mol. The van der Waals surface area contributed by atoms with Gasteiger partial charge in [0.15, 0.2) is 6.61 Å². The van der Waals surface area contributed by atoms with Crippen LogP contribution in [0, 0.1) is 5.92 Å². The molecule has 2 rings (SSSR count). The minimum absolute atomic E-state index is 0.0207. The van der Waals surface area contributed by atoms with Crippen molar-refractivity contribution in [3.8, 4) is 0 Å². The molecule has 2 aliphatic rings. The zero-order valence-corrected chi connectivity index (χ0v) is 16.1. The number of carbonyl (C=O) groups excluding carboxylic acids is 3. The molecule has 2 amide bonds. The minimum Gasteiger partial charge on any atom is -0.454 e. The Labute approximate surface area is 154 Å². The van der Waals surface area contributed by atoms with Gasteiger partial charge >= 0.3 is 5.97 Å². The van der Waals surface area contributed by atoms with E-state index in [0.29, 0.717) is 19.3 Å². The molecule has 1 unspecified atom stereocenters. The fourth-order valence-corrected chi connectivity index (χ4v) is 5.29. The van der Waals surface area contributed by atoms with Crippen molar-refractivity contribution in [2.24, 2.45) is 5.92 Å². The Balaban J connectivity index is 1.81. The molecule has 0 spiro atoms. The van der Waals surface area contributed by atoms with Crippen LogP contribution in [0.2, 0.25) is 0 Å². The van der Waals surface area contributed by atoms with E-state index in [1.807, 2.05) is 0 Å². The Morgan fingerprint density at radius 2 is 1.77 bits per heavy atom. The van der Waals surface area contributed by atoms with E-state index >= 15 is 0 Å². The Morgan fingerprint density at radius 3 is 2.42 bits per heavy atom. The molecule has 9 heteroatoms. The second-order valence-electron chi connectivity index (χ2n) is 6.94. The molecule has 148 valence electrons. The van der Waals surface area contributed by atoms with E-state index in [4.69, 9.17) is 4.74 Å². The number of imide groups is 1. The molecule has 0 radical (unpaired) electrons. The van der Waals surface area contributed by atoms with Gasteiger partial charge in [-0.25, -0.2) is 8.42 Å². The average Bonchev–Trinajstić information content (AvgIpc) is 3.11. The standard InChI is InChI=1S/C17H28N2O6S/c1-2-11-26(23,24)19-10-6-9-14(19)17(22)25-12-15(20)18-16(21)13-7-4-3-5-8-13/h13-14H,2-12H2,1H3,(H,18,20,21). The van der Waals surface area contributed by atoms with Gasteiger partial charge in [-0.3, -0.25) is 19.7 Å². The maximum Gasteiger partial charge on any atom is 0.324 e. The molecule has 1 heterocycles. The van der Waals surface area contributed by atoms with Gasteiger partial charge in [-0.2, -0.15) is 4.31 Å². The molecule has 1 saturated heterocycles. The lowest BCUT2D eigenvalue weighted by Crippen LogP contribution is -2.44. The predicted molar refractivity (Wildman–Crippen MR) is 94.5 cm³/mol. The summed E-state index contributed by atoms with van der Waals surface area (Å²) in [6.07, 6.45) is 6.02. The summed E-state index contributed by atoms with van der Waals surface area (Å²) < 4.78 is 30.5. The highest BCUT2D eigenvalue weighted by Crippen LogP contribution is 2.24. The van der Waals surface area contributed by atoms with Crippen LogP contribution < -0.4 is 5.32 Å². The van der Waals surface area contributed by atoms with Gasteiger partial charge in [0.05, 0.1) is 5.75 Å². The van der Waals surface area contributed by atoms with Crippen molar-refractivity contribution in [2.45, 2.75) is 64.3 Å². The van der Waals surface area contributed by atoms with Crippen LogP contribution in [0.3, 0.4) is 0 Å². The van der Waals surface area contributed by atoms with Gasteiger partial charge in [0, 0.05) is 12.5 Å². The van der Waals surface area contributed by atoms with E-state index < -0.39 is 34.5 Å². The van der Waals surface area contributed by atoms with Gasteiger partial charge in [0.1, 0.15) is 6.04 Å². The normalized spacial score (nSPS) is 22.1. The summed E-state index contributed by atoms with van der Waals surface area (Å²) in [6, 6.07) is -0.881. The number of hydrogen-bond donors (Lipinski definition) is 1. The fourth-order valence-electron chi connectivity index (χ4n) is 3.56. The van der Waals surface area contributed by atoms with Crippen molar-refractivity contribution >= 4 is 27.8 Å². The first-order valence-corrected chi connectivity index (χ1v) is 11.0. The lowest BCUT2D eigenvalue weighted by molar-refractivity contribution is -0.152. The van der Waals surface area contributed by atoms with E-state index in [1.54, 1.807) is 6.92 Å². The molecule has 8 nitrogen and oxygen atoms in total. The summed E-state index contributed by atoms with van der Waals surface area (Å²) in [5, 5.41) is 2.27. The number of amides is 2. The monoisotopic (exact) mass is 388 g/mol. The molecule has 0 bridgehead atoms. The van der Waals surface area contributed by atoms with Crippen LogP contribution in [0.1, 0.15) is 58.3 Å². The summed E-state index contributed by atoms with van der Waals surface area (Å²) >= 11 is 0. The van der Waals surface area contributed by atoms with Gasteiger partial charge in [0.25, 0.3) is 5.91 Å². The fraction of sp³-hybridized carbons (Fsp3) is 0.824. The van der Waals surface area contributed by atoms with E-state index in [9.17, 15) is 22.8 Å². The smallest absolute Gasteiger partial charge is 0.324 e. The van der Waals surface area contributed by atoms with Gasteiger partial charge in [-0.1, -0.05) is 26.2 Å². The number of carbonyl (C=O) groups is 3. The summed E-state index contributed by atoms with van der Waals surface area (Å²) in [7, 11) is -3.50. The van der Waals surface area contributed by atoms with Crippen LogP contribution in [-0.2, 0) is 29.1 Å². The molecule has 1 aliphatic heterocycles. The van der Waals surface area contributed by atoms with Gasteiger partial charge in [0.2, 0.25) is 15.9 Å². The van der Waals surface area contributed by atoms with Crippen molar-refractivity contribution in [3.05, 3.63) is 0 Å². The number of rotatable bonds is 7. The highest BCUT2D eigenvalue weighted by molar-refractivity contribution is 7.89. The van der Waals surface area contributed by atoms with E-state index in [2.05, 4.69) is 5.32 Å². The summed E-state index contributed by atoms with van der Waals surface area (Å²) in [6.45, 7) is 1.47. The second kappa shape index (κ2) is 9.45. The molecule has 0 aromatic heterocycles. The Bertz CT molecular complexity index is 627. The lowest BCUT2D eigenvalue weighted by atomic mass is 9.89. The molecule has 1 saturated carbocycles. The number of sulfonamides is 1. The molecule has 2 fully saturated rings. The highest BCUT2D eigenvalue weighted by Gasteiger charge is 2.39. The lowest BCUT2D eigenvalue weighted by Gasteiger charge is -2.22. The zero-order valence-electron chi connectivity index (χ0n) is 15.2. The van der Waals surface area contributed by atoms with E-state index in [-0.39, 0.29) is 24.1 Å². The van der Waals surface area contributed by atoms with E-state index in [0.717, 1.165) is 32.1 Å². The maximum absolute atomic E-state index is 12.2. The topological polar surface area (TPSA) is 110 Å². The van der Waals surface area contributed by atoms with Crippen LogP contribution in [-0.4, -0.2) is 55.5 Å². The number of nitrogens with one attached hydrogen (secondary N) is 1. The summed E-state index contributed by atoms with van der Waals surface area (Å²) in [5.41, 5.74) is 0. The van der Waals surface area contributed by atoms with Crippen LogP contribution >= 0.6 is 0 Å². The maximum atomic E-state index is 12.2. The minimum atomic E-state index is -3.50. The quantitative estimate of drug-likeness (QED) is 0.651. The SMILES string of the molecule is CCCS(=O)(=O)N1CCCC1C(=O)OCC(=O)NC(=O)C1CCCCC1. The van der Waals surface area contributed by atoms with E-state index in [1.165, 1.54) is 4.31 Å². The first-order chi connectivity index (χ1) is 12.3. The van der Waals surface area contributed by atoms with Crippen molar-refractivity contribution in [1.29, 1.82) is 0 Å². The largest absolute Gasteiger partial charge is 0.454 e. The molecular formula is C17H28N2O6S. The van der Waals surface area contributed by atoms with Gasteiger partial charge in [-0.15, -0.1) is 0 Å². The summed E-state index contributed by atoms with van der Waals surface area (Å²) in [4.78, 5) is 36.1. The second-order valence-corrected chi connectivity index (χ2v) is 8.98. The number of hydrogen-bond acceptors (Lipinski definition) is 6. The van der Waals surface area contributed by atoms with Crippen molar-refractivity contribution in [2.75, 3.05) is 18.9 Å².